The van der Waals surface area contributed by atoms with E-state index < -0.39 is 48.7 Å². The van der Waals surface area contributed by atoms with Gasteiger partial charge < -0.3 is 29.4 Å². The van der Waals surface area contributed by atoms with Gasteiger partial charge in [0, 0.05) is 25.8 Å². The third-order valence-corrected chi connectivity index (χ3v) is 4.55. The first kappa shape index (κ1) is 24.4. The number of anilines is 1. The van der Waals surface area contributed by atoms with E-state index in [4.69, 9.17) is 41.0 Å². The molecule has 2 aromatic rings. The van der Waals surface area contributed by atoms with Crippen LogP contribution in [0.2, 0.25) is 0 Å². The molecule has 0 aliphatic carbocycles. The van der Waals surface area contributed by atoms with Crippen molar-refractivity contribution in [1.82, 2.24) is 19.5 Å². The van der Waals surface area contributed by atoms with E-state index in [9.17, 15) is 14.4 Å². The van der Waals surface area contributed by atoms with Crippen LogP contribution in [-0.4, -0.2) is 68.6 Å². The summed E-state index contributed by atoms with van der Waals surface area (Å²) in [5.74, 6) is -1.96. The molecule has 5 atom stereocenters. The van der Waals surface area contributed by atoms with Gasteiger partial charge in [0.1, 0.15) is 11.8 Å². The molecule has 3 heterocycles. The Balaban J connectivity index is 2.07. The Morgan fingerprint density at radius 1 is 1.15 bits per heavy atom. The van der Waals surface area contributed by atoms with Crippen LogP contribution in [-0.2, 0) is 38.1 Å². The van der Waals surface area contributed by atoms with E-state index in [1.165, 1.54) is 24.1 Å². The van der Waals surface area contributed by atoms with Gasteiger partial charge in [-0.15, -0.1) is 0 Å². The molecule has 1 fully saturated rings. The van der Waals surface area contributed by atoms with Gasteiger partial charge in [-0.3, -0.25) is 19.0 Å². The number of ether oxygens (including phenoxy) is 5. The lowest BCUT2D eigenvalue weighted by atomic mass is 10.1. The third-order valence-electron chi connectivity index (χ3n) is 4.45. The number of carbonyl (C=O) groups is 3. The topological polar surface area (TPSA) is 167 Å². The summed E-state index contributed by atoms with van der Waals surface area (Å²) in [5, 5.41) is 0.120. The second-order valence-corrected chi connectivity index (χ2v) is 7.56. The predicted octanol–water partition coefficient (Wildman–Crippen LogP) is 0.828. The highest BCUT2D eigenvalue weighted by Gasteiger charge is 2.54. The molecular weight excluding hydrogens is 462 g/mol. The van der Waals surface area contributed by atoms with Crippen molar-refractivity contribution in [2.24, 2.45) is 0 Å². The van der Waals surface area contributed by atoms with Gasteiger partial charge in [-0.05, 0) is 0 Å². The van der Waals surface area contributed by atoms with Crippen molar-refractivity contribution >= 4 is 46.5 Å². The fraction of sp³-hybridized carbons (Fsp3) is 0.474. The molecule has 178 valence electrons. The molecule has 1 aliphatic heterocycles. The maximum atomic E-state index is 11.9. The van der Waals surface area contributed by atoms with Gasteiger partial charge in [0.2, 0.25) is 6.29 Å². The monoisotopic (exact) mass is 483 g/mol. The molecule has 0 spiro atoms. The highest BCUT2D eigenvalue weighted by molar-refractivity contribution is 6.29. The lowest BCUT2D eigenvalue weighted by Crippen LogP contribution is -2.45. The Kier molecular flexibility index (Phi) is 7.46. The molecular formula is C19H22ClN5O8. The van der Waals surface area contributed by atoms with Gasteiger partial charge in [0.15, 0.2) is 36.0 Å². The molecule has 0 amide bonds. The van der Waals surface area contributed by atoms with Crippen LogP contribution in [0.1, 0.15) is 27.0 Å². The Morgan fingerprint density at radius 3 is 2.42 bits per heavy atom. The zero-order valence-corrected chi connectivity index (χ0v) is 18.7. The number of carbonyl (C=O) groups excluding carboxylic acids is 3. The van der Waals surface area contributed by atoms with E-state index >= 15 is 0 Å². The van der Waals surface area contributed by atoms with E-state index in [-0.39, 0.29) is 28.6 Å². The summed E-state index contributed by atoms with van der Waals surface area (Å²) in [6.07, 6.45) is -3.56. The number of hydrogen-bond donors (Lipinski definition) is 1. The summed E-state index contributed by atoms with van der Waals surface area (Å²) < 4.78 is 29.1. The van der Waals surface area contributed by atoms with E-state index in [1.807, 2.05) is 0 Å². The van der Waals surface area contributed by atoms with Crippen LogP contribution in [0.25, 0.3) is 11.2 Å². The number of hydrogen-bond acceptors (Lipinski definition) is 12. The second kappa shape index (κ2) is 10.1. The van der Waals surface area contributed by atoms with Crippen LogP contribution in [0.4, 0.5) is 5.82 Å². The standard InChI is InChI=1S/C19H22ClN5O8/c1-8(20)5-29-19(32-11(4)28)15-13(30-9(2)26)14(31-10(3)27)18(33-15)25-7-24-12-16(21)22-6-23-17(12)25/h6-7,13-15,18-19H,1,5H2,2-4H3,(H2,21,22,23)/t13-,14+,15-,18+,19?/m0/s1. The quantitative estimate of drug-likeness (QED) is 0.319. The summed E-state index contributed by atoms with van der Waals surface area (Å²) >= 11 is 5.78. The molecule has 1 unspecified atom stereocenters. The van der Waals surface area contributed by atoms with Crippen LogP contribution < -0.4 is 5.73 Å². The molecule has 0 saturated carbocycles. The maximum Gasteiger partial charge on any atom is 0.305 e. The van der Waals surface area contributed by atoms with Crippen LogP contribution >= 0.6 is 11.6 Å². The SMILES string of the molecule is C=C(Cl)COC(OC(C)=O)[C@H]1O[C@@H](n2cnc3c(N)ncnc32)[C@H](OC(C)=O)[C@@H]1OC(C)=O. The van der Waals surface area contributed by atoms with Gasteiger partial charge in [-0.2, -0.15) is 0 Å². The Labute approximate surface area is 192 Å². The predicted molar refractivity (Wildman–Crippen MR) is 111 cm³/mol. The number of esters is 3. The number of nitrogen functional groups attached to an aromatic ring is 1. The Hall–Kier alpha value is -3.29. The first-order valence-electron chi connectivity index (χ1n) is 9.63. The molecule has 14 heteroatoms. The van der Waals surface area contributed by atoms with E-state index in [1.54, 1.807) is 0 Å². The van der Waals surface area contributed by atoms with Crippen LogP contribution in [0, 0.1) is 0 Å². The van der Waals surface area contributed by atoms with Crippen LogP contribution in [0.3, 0.4) is 0 Å². The lowest BCUT2D eigenvalue weighted by molar-refractivity contribution is -0.219. The van der Waals surface area contributed by atoms with Gasteiger partial charge in [-0.25, -0.2) is 15.0 Å². The van der Waals surface area contributed by atoms with Gasteiger partial charge in [0.05, 0.1) is 12.9 Å². The summed E-state index contributed by atoms with van der Waals surface area (Å²) in [4.78, 5) is 47.7. The minimum Gasteiger partial charge on any atom is -0.455 e. The molecule has 3 rings (SSSR count). The highest BCUT2D eigenvalue weighted by Crippen LogP contribution is 2.38. The third kappa shape index (κ3) is 5.56. The van der Waals surface area contributed by atoms with Crippen molar-refractivity contribution in [1.29, 1.82) is 0 Å². The summed E-state index contributed by atoms with van der Waals surface area (Å²) in [6, 6.07) is 0. The molecule has 0 bridgehead atoms. The van der Waals surface area contributed by atoms with Gasteiger partial charge in [0.25, 0.3) is 0 Å². The van der Waals surface area contributed by atoms with Gasteiger partial charge >= 0.3 is 17.9 Å². The van der Waals surface area contributed by atoms with Crippen molar-refractivity contribution in [3.05, 3.63) is 24.3 Å². The van der Waals surface area contributed by atoms with Crippen molar-refractivity contribution < 1.29 is 38.1 Å². The number of imidazole rings is 1. The van der Waals surface area contributed by atoms with E-state index in [0.29, 0.717) is 0 Å². The fourth-order valence-electron chi connectivity index (χ4n) is 3.34. The van der Waals surface area contributed by atoms with Crippen molar-refractivity contribution in [2.75, 3.05) is 12.3 Å². The summed E-state index contributed by atoms with van der Waals surface area (Å²) in [6.45, 7) is 6.82. The molecule has 1 aliphatic rings. The minimum atomic E-state index is -1.39. The molecule has 1 saturated heterocycles. The molecule has 33 heavy (non-hydrogen) atoms. The molecule has 0 radical (unpaired) electrons. The minimum absolute atomic E-state index is 0.120. The van der Waals surface area contributed by atoms with Crippen molar-refractivity contribution in [2.45, 2.75) is 51.6 Å². The highest BCUT2D eigenvalue weighted by atomic mass is 35.5. The largest absolute Gasteiger partial charge is 0.455 e. The van der Waals surface area contributed by atoms with Crippen molar-refractivity contribution in [3.63, 3.8) is 0 Å². The molecule has 2 aromatic heterocycles. The molecule has 13 nitrogen and oxygen atoms in total. The molecule has 2 N–H and O–H groups in total. The summed E-state index contributed by atoms with van der Waals surface area (Å²) in [7, 11) is 0. The second-order valence-electron chi connectivity index (χ2n) is 7.03. The number of fused-ring (bicyclic) bond motifs is 1. The lowest BCUT2D eigenvalue weighted by Gasteiger charge is -2.27. The number of halogens is 1. The Bertz CT molecular complexity index is 1080. The normalized spacial score (nSPS) is 23.2. The average molecular weight is 484 g/mol. The van der Waals surface area contributed by atoms with Crippen molar-refractivity contribution in [3.8, 4) is 0 Å². The first-order valence-corrected chi connectivity index (χ1v) is 10.0. The summed E-state index contributed by atoms with van der Waals surface area (Å²) in [5.41, 5.74) is 6.40. The smallest absolute Gasteiger partial charge is 0.305 e. The molecule has 0 aromatic carbocycles. The van der Waals surface area contributed by atoms with E-state index in [0.717, 1.165) is 13.8 Å². The van der Waals surface area contributed by atoms with Crippen LogP contribution in [0.15, 0.2) is 24.3 Å². The van der Waals surface area contributed by atoms with Crippen LogP contribution in [0.5, 0.6) is 0 Å². The van der Waals surface area contributed by atoms with E-state index in [2.05, 4.69) is 21.5 Å². The zero-order chi connectivity index (χ0) is 24.3. The fourth-order valence-corrected chi connectivity index (χ4v) is 3.40. The number of aromatic nitrogens is 4. The first-order chi connectivity index (χ1) is 15.6. The average Bonchev–Trinajstić information content (AvgIpc) is 3.27. The maximum absolute atomic E-state index is 11.9. The Morgan fingerprint density at radius 2 is 1.82 bits per heavy atom. The number of nitrogens with zero attached hydrogens (tertiary/aromatic N) is 4. The van der Waals surface area contributed by atoms with Gasteiger partial charge in [-0.1, -0.05) is 18.2 Å². The number of rotatable bonds is 8. The number of nitrogens with two attached hydrogens (primary N) is 1. The zero-order valence-electron chi connectivity index (χ0n) is 18.0.